The van der Waals surface area contributed by atoms with Crippen molar-refractivity contribution in [3.05, 3.63) is 22.3 Å². The Morgan fingerprint density at radius 3 is 2.92 bits per heavy atom. The van der Waals surface area contributed by atoms with Gasteiger partial charge in [-0.3, -0.25) is 14.5 Å². The number of aryl methyl sites for hydroxylation is 1. The van der Waals surface area contributed by atoms with E-state index in [2.05, 4.69) is 36.1 Å². The number of carbonyl (C=O) groups excluding carboxylic acids is 2. The second-order valence-electron chi connectivity index (χ2n) is 7.46. The molecule has 2 amide bonds. The number of rotatable bonds is 12. The number of carboxylic acid groups (broad SMARTS) is 1. The van der Waals surface area contributed by atoms with Crippen molar-refractivity contribution in [3.8, 4) is 0 Å². The Balaban J connectivity index is 1.45. The van der Waals surface area contributed by atoms with Crippen LogP contribution in [0.25, 0.3) is 0 Å². The minimum absolute atomic E-state index is 0.102. The van der Waals surface area contributed by atoms with Crippen molar-refractivity contribution < 1.29 is 24.3 Å². The van der Waals surface area contributed by atoms with Crippen LogP contribution in [0.2, 0.25) is 0 Å². The zero-order valence-corrected chi connectivity index (χ0v) is 22.8. The Kier molecular flexibility index (Phi) is 9.07. The van der Waals surface area contributed by atoms with Gasteiger partial charge in [-0.15, -0.1) is 40.0 Å². The van der Waals surface area contributed by atoms with E-state index in [1.165, 1.54) is 50.4 Å². The topological polar surface area (TPSA) is 229 Å². The second-order valence-corrected chi connectivity index (χ2v) is 11.4. The first-order valence-electron chi connectivity index (χ1n) is 10.6. The van der Waals surface area contributed by atoms with Crippen molar-refractivity contribution in [2.45, 2.75) is 16.6 Å². The molecule has 202 valence electrons. The molecule has 16 nitrogen and oxygen atoms in total. The molecule has 6 N–H and O–H groups in total. The third-order valence-corrected chi connectivity index (χ3v) is 8.84. The number of tetrazole rings is 1. The number of hydrogen-bond acceptors (Lipinski definition) is 16. The predicted octanol–water partition coefficient (Wildman–Crippen LogP) is -0.864. The van der Waals surface area contributed by atoms with E-state index in [-0.39, 0.29) is 34.6 Å². The molecule has 38 heavy (non-hydrogen) atoms. The fourth-order valence-electron chi connectivity index (χ4n) is 3.39. The number of nitrogens with one attached hydrogen (secondary N) is 1. The lowest BCUT2D eigenvalue weighted by atomic mass is 10.0. The molecule has 1 unspecified atom stereocenters. The number of aromatic nitrogens is 5. The molecule has 0 bridgehead atoms. The Labute approximate surface area is 231 Å². The van der Waals surface area contributed by atoms with Gasteiger partial charge in [0.05, 0.1) is 5.55 Å². The van der Waals surface area contributed by atoms with Crippen molar-refractivity contribution in [3.63, 3.8) is 0 Å². The van der Waals surface area contributed by atoms with Crippen molar-refractivity contribution >= 4 is 80.8 Å². The molecular weight excluding hydrogens is 579 g/mol. The van der Waals surface area contributed by atoms with Crippen LogP contribution in [0.5, 0.6) is 0 Å². The summed E-state index contributed by atoms with van der Waals surface area (Å²) in [4.78, 5) is 48.8. The van der Waals surface area contributed by atoms with E-state index in [9.17, 15) is 19.5 Å². The third-order valence-electron chi connectivity index (χ3n) is 5.06. The third kappa shape index (κ3) is 6.03. The van der Waals surface area contributed by atoms with Crippen LogP contribution in [-0.2, 0) is 26.3 Å². The number of fused-ring (bicyclic) bond motifs is 1. The average Bonchev–Trinajstić information content (AvgIpc) is 3.52. The molecule has 1 fully saturated rings. The van der Waals surface area contributed by atoms with Gasteiger partial charge in [-0.1, -0.05) is 16.9 Å². The first kappa shape index (κ1) is 27.7. The molecule has 2 atom stereocenters. The van der Waals surface area contributed by atoms with E-state index >= 15 is 0 Å². The van der Waals surface area contributed by atoms with Crippen LogP contribution in [-0.4, -0.2) is 99.5 Å². The normalized spacial score (nSPS) is 19.4. The molecule has 2 aromatic rings. The van der Waals surface area contributed by atoms with Crippen LogP contribution in [0.1, 0.15) is 5.69 Å². The maximum Gasteiger partial charge on any atom is 0.352 e. The lowest BCUT2D eigenvalue weighted by Gasteiger charge is -2.49. The molecule has 20 heteroatoms. The van der Waals surface area contributed by atoms with Gasteiger partial charge in [-0.25, -0.2) is 14.5 Å². The van der Waals surface area contributed by atoms with Crippen LogP contribution in [0.3, 0.4) is 0 Å². The lowest BCUT2D eigenvalue weighted by molar-refractivity contribution is -0.150. The highest BCUT2D eigenvalue weighted by molar-refractivity contribution is 8.12. The van der Waals surface area contributed by atoms with Crippen LogP contribution in [0, 0.1) is 0 Å². The van der Waals surface area contributed by atoms with Gasteiger partial charge < -0.3 is 26.8 Å². The quantitative estimate of drug-likeness (QED) is 0.0442. The van der Waals surface area contributed by atoms with Crippen LogP contribution in [0.4, 0.5) is 5.13 Å². The highest BCUT2D eigenvalue weighted by atomic mass is 32.2. The minimum Gasteiger partial charge on any atom is -0.477 e. The number of amides is 2. The van der Waals surface area contributed by atoms with Gasteiger partial charge in [0.15, 0.2) is 10.8 Å². The van der Waals surface area contributed by atoms with Gasteiger partial charge in [0, 0.05) is 29.7 Å². The first-order chi connectivity index (χ1) is 18.3. The number of nitrogens with two attached hydrogens (primary N) is 2. The zero-order valence-electron chi connectivity index (χ0n) is 19.6. The van der Waals surface area contributed by atoms with Gasteiger partial charge in [0.25, 0.3) is 11.8 Å². The highest BCUT2D eigenvalue weighted by Gasteiger charge is 2.54. The van der Waals surface area contributed by atoms with Gasteiger partial charge in [0.1, 0.15) is 29.4 Å². The summed E-state index contributed by atoms with van der Waals surface area (Å²) in [5, 5.41) is 32.6. The summed E-state index contributed by atoms with van der Waals surface area (Å²) in [6.45, 7) is 0.152. The van der Waals surface area contributed by atoms with Gasteiger partial charge >= 0.3 is 5.97 Å². The summed E-state index contributed by atoms with van der Waals surface area (Å²) < 4.78 is 1.47. The molecule has 0 aliphatic carbocycles. The molecule has 2 aromatic heterocycles. The lowest BCUT2D eigenvalue weighted by Crippen LogP contribution is -2.71. The summed E-state index contributed by atoms with van der Waals surface area (Å²) in [5.74, 6) is 3.66. The Morgan fingerprint density at radius 2 is 2.26 bits per heavy atom. The van der Waals surface area contributed by atoms with E-state index in [4.69, 9.17) is 16.4 Å². The number of hydrazone groups is 1. The Morgan fingerprint density at radius 1 is 1.45 bits per heavy atom. The molecule has 1 saturated heterocycles. The van der Waals surface area contributed by atoms with Crippen molar-refractivity contribution in [1.82, 2.24) is 35.4 Å². The molecule has 0 radical (unpaired) electrons. The molecule has 0 saturated carbocycles. The molecular formula is C18H21N11O5S4. The van der Waals surface area contributed by atoms with Crippen LogP contribution in [0.15, 0.2) is 32.1 Å². The number of nitrogens with zero attached hydrogens (tertiary/aromatic N) is 8. The maximum absolute atomic E-state index is 13.1. The number of β-lactam (4-membered cyclic amide) rings is 1. The minimum atomic E-state index is -1.23. The van der Waals surface area contributed by atoms with E-state index in [0.717, 1.165) is 11.3 Å². The number of oxime groups is 1. The summed E-state index contributed by atoms with van der Waals surface area (Å²) in [6.07, 6.45) is 0. The van der Waals surface area contributed by atoms with Crippen molar-refractivity contribution in [2.24, 2.45) is 23.1 Å². The molecule has 2 aliphatic rings. The molecule has 4 rings (SSSR count). The van der Waals surface area contributed by atoms with Crippen molar-refractivity contribution in [2.75, 3.05) is 29.6 Å². The number of nitrogen functional groups attached to an aromatic ring is 1. The molecule has 0 aromatic carbocycles. The number of thiazole rings is 1. The molecule has 0 spiro atoms. The Bertz CT molecular complexity index is 1310. The van der Waals surface area contributed by atoms with Crippen LogP contribution >= 0.6 is 46.6 Å². The monoisotopic (exact) mass is 599 g/mol. The largest absolute Gasteiger partial charge is 0.477 e. The van der Waals surface area contributed by atoms with E-state index in [1.807, 2.05) is 0 Å². The number of aliphatic carboxylic acids is 1. The summed E-state index contributed by atoms with van der Waals surface area (Å²) in [6, 6.07) is -0.962. The van der Waals surface area contributed by atoms with E-state index < -0.39 is 29.2 Å². The van der Waals surface area contributed by atoms with E-state index in [1.54, 1.807) is 12.4 Å². The number of anilines is 1. The molecule has 4 heterocycles. The van der Waals surface area contributed by atoms with Gasteiger partial charge in [-0.2, -0.15) is 5.10 Å². The number of thioether (sulfide) groups is 3. The van der Waals surface area contributed by atoms with Gasteiger partial charge in [0.2, 0.25) is 5.16 Å². The SMILES string of the molecule is Cn1nnnc1SCC1=C(C(=O)O)N2C(=O)C(NC(=O)C(=NOCCSC=NN)c3csc(N)n3)[C@H]2SC1. The fourth-order valence-corrected chi connectivity index (χ4v) is 6.64. The molecule has 2 aliphatic heterocycles. The summed E-state index contributed by atoms with van der Waals surface area (Å²) in [7, 11) is 1.67. The standard InChI is InChI=1S/C18H21N11O5S4/c1-28-18(24-26-27-28)38-5-8-4-36-15-11(14(31)29(15)12(8)16(32)33)23-13(30)10(9-6-37-17(19)22-9)25-34-2-3-35-7-21-20/h6-7,11,15H,2-5,20H2,1H3,(H2,19,22)(H,23,30)(H,32,33)/t11?,15-/m1/s1. The van der Waals surface area contributed by atoms with Gasteiger partial charge in [-0.05, 0) is 16.0 Å². The van der Waals surface area contributed by atoms with Crippen molar-refractivity contribution in [1.29, 1.82) is 0 Å². The number of carboxylic acids is 1. The van der Waals surface area contributed by atoms with E-state index in [0.29, 0.717) is 22.2 Å². The fraction of sp³-hybridized carbons (Fsp3) is 0.389. The number of carbonyl (C=O) groups is 3. The van der Waals surface area contributed by atoms with Crippen LogP contribution < -0.4 is 16.9 Å². The Hall–Kier alpha value is -3.36. The maximum atomic E-state index is 13.1. The summed E-state index contributed by atoms with van der Waals surface area (Å²) in [5.41, 5.74) is 7.62. The average molecular weight is 600 g/mol. The highest BCUT2D eigenvalue weighted by Crippen LogP contribution is 2.41. The zero-order chi connectivity index (χ0) is 27.2. The first-order valence-corrected chi connectivity index (χ1v) is 14.6. The predicted molar refractivity (Wildman–Crippen MR) is 143 cm³/mol. The second kappa shape index (κ2) is 12.5. The number of hydrogen-bond donors (Lipinski definition) is 4. The smallest absolute Gasteiger partial charge is 0.352 e. The summed E-state index contributed by atoms with van der Waals surface area (Å²) >= 11 is 5.02.